The van der Waals surface area contributed by atoms with Crippen molar-refractivity contribution >= 4 is 5.91 Å². The van der Waals surface area contributed by atoms with Gasteiger partial charge in [0.05, 0.1) is 5.92 Å². The molecule has 1 saturated carbocycles. The maximum absolute atomic E-state index is 12.2. The first-order valence-corrected chi connectivity index (χ1v) is 8.01. The molecule has 0 bridgehead atoms. The maximum Gasteiger partial charge on any atom is 0.227 e. The molecule has 0 heterocycles. The van der Waals surface area contributed by atoms with Crippen LogP contribution in [0.3, 0.4) is 0 Å². The second-order valence-electron chi connectivity index (χ2n) is 6.36. The molecule has 3 rings (SSSR count). The summed E-state index contributed by atoms with van der Waals surface area (Å²) in [6, 6.07) is 11.1. The molecule has 1 amide bonds. The molecule has 0 radical (unpaired) electrons. The molecule has 1 fully saturated rings. The van der Waals surface area contributed by atoms with Gasteiger partial charge in [-0.15, -0.1) is 0 Å². The maximum atomic E-state index is 12.2. The summed E-state index contributed by atoms with van der Waals surface area (Å²) in [4.78, 5) is 12.2. The van der Waals surface area contributed by atoms with E-state index in [0.29, 0.717) is 12.0 Å². The quantitative estimate of drug-likeness (QED) is 0.839. The van der Waals surface area contributed by atoms with E-state index in [4.69, 9.17) is 5.73 Å². The van der Waals surface area contributed by atoms with Crippen molar-refractivity contribution in [3.8, 4) is 0 Å². The van der Waals surface area contributed by atoms with E-state index in [1.165, 1.54) is 5.56 Å². The van der Waals surface area contributed by atoms with E-state index in [9.17, 15) is 4.79 Å². The summed E-state index contributed by atoms with van der Waals surface area (Å²) in [5.74, 6) is 0.786. The van der Waals surface area contributed by atoms with Gasteiger partial charge < -0.3 is 11.1 Å². The van der Waals surface area contributed by atoms with E-state index >= 15 is 0 Å². The molecule has 0 spiro atoms. The molecular formula is C18H24N2O. The van der Waals surface area contributed by atoms with Crippen molar-refractivity contribution in [2.75, 3.05) is 0 Å². The Morgan fingerprint density at radius 3 is 2.38 bits per heavy atom. The molecule has 112 valence electrons. The van der Waals surface area contributed by atoms with Gasteiger partial charge in [0.15, 0.2) is 0 Å². The van der Waals surface area contributed by atoms with Crippen molar-refractivity contribution in [3.63, 3.8) is 0 Å². The largest absolute Gasteiger partial charge is 0.353 e. The fourth-order valence-electron chi connectivity index (χ4n) is 3.53. The van der Waals surface area contributed by atoms with Crippen LogP contribution in [0.5, 0.6) is 0 Å². The van der Waals surface area contributed by atoms with Crippen LogP contribution in [0.15, 0.2) is 42.5 Å². The number of rotatable bonds is 3. The summed E-state index contributed by atoms with van der Waals surface area (Å²) < 4.78 is 0. The van der Waals surface area contributed by atoms with Crippen molar-refractivity contribution in [2.24, 2.45) is 11.7 Å². The van der Waals surface area contributed by atoms with Gasteiger partial charge in [-0.25, -0.2) is 0 Å². The molecule has 2 unspecified atom stereocenters. The lowest BCUT2D eigenvalue weighted by Crippen LogP contribution is -2.40. The van der Waals surface area contributed by atoms with E-state index in [-0.39, 0.29) is 17.9 Å². The minimum atomic E-state index is -0.0214. The number of hydrogen-bond acceptors (Lipinski definition) is 2. The molecule has 21 heavy (non-hydrogen) atoms. The van der Waals surface area contributed by atoms with Gasteiger partial charge in [0.1, 0.15) is 0 Å². The topological polar surface area (TPSA) is 55.1 Å². The normalized spacial score (nSPS) is 32.0. The molecule has 3 nitrogen and oxygen atoms in total. The van der Waals surface area contributed by atoms with Crippen LogP contribution >= 0.6 is 0 Å². The summed E-state index contributed by atoms with van der Waals surface area (Å²) in [6.45, 7) is 0. The average molecular weight is 284 g/mol. The number of amides is 1. The SMILES string of the molecule is NC1C=CC(C(=O)NC2CCC(c3ccccc3)CC2)C1. The summed E-state index contributed by atoms with van der Waals surface area (Å²) in [5, 5.41) is 3.21. The third kappa shape index (κ3) is 3.53. The second-order valence-corrected chi connectivity index (χ2v) is 6.36. The molecule has 2 aliphatic carbocycles. The Kier molecular flexibility index (Phi) is 4.39. The van der Waals surface area contributed by atoms with E-state index in [1.54, 1.807) is 0 Å². The first kappa shape index (κ1) is 14.3. The number of carbonyl (C=O) groups excluding carboxylic acids is 1. The Morgan fingerprint density at radius 1 is 1.05 bits per heavy atom. The van der Waals surface area contributed by atoms with Crippen LogP contribution in [0, 0.1) is 5.92 Å². The minimum absolute atomic E-state index is 0.0214. The summed E-state index contributed by atoms with van der Waals surface area (Å²) in [6.07, 6.45) is 9.13. The van der Waals surface area contributed by atoms with Gasteiger partial charge >= 0.3 is 0 Å². The monoisotopic (exact) mass is 284 g/mol. The average Bonchev–Trinajstić information content (AvgIpc) is 2.96. The van der Waals surface area contributed by atoms with E-state index < -0.39 is 0 Å². The highest BCUT2D eigenvalue weighted by Crippen LogP contribution is 2.32. The molecule has 0 saturated heterocycles. The fourth-order valence-corrected chi connectivity index (χ4v) is 3.53. The van der Waals surface area contributed by atoms with Crippen molar-refractivity contribution < 1.29 is 4.79 Å². The molecule has 0 aliphatic heterocycles. The Hall–Kier alpha value is -1.61. The van der Waals surface area contributed by atoms with Gasteiger partial charge in [-0.2, -0.15) is 0 Å². The highest BCUT2D eigenvalue weighted by molar-refractivity contribution is 5.81. The van der Waals surface area contributed by atoms with E-state index in [1.807, 2.05) is 12.2 Å². The molecule has 2 aliphatic rings. The Bertz CT molecular complexity index is 503. The van der Waals surface area contributed by atoms with Crippen molar-refractivity contribution in [2.45, 2.75) is 50.1 Å². The Morgan fingerprint density at radius 2 is 1.76 bits per heavy atom. The summed E-state index contributed by atoms with van der Waals surface area (Å²) in [7, 11) is 0. The van der Waals surface area contributed by atoms with Gasteiger partial charge in [-0.3, -0.25) is 4.79 Å². The highest BCUT2D eigenvalue weighted by Gasteiger charge is 2.27. The van der Waals surface area contributed by atoms with Gasteiger partial charge in [-0.05, 0) is 43.6 Å². The van der Waals surface area contributed by atoms with E-state index in [0.717, 1.165) is 32.1 Å². The van der Waals surface area contributed by atoms with Crippen LogP contribution in [-0.4, -0.2) is 18.0 Å². The van der Waals surface area contributed by atoms with Gasteiger partial charge in [-0.1, -0.05) is 42.5 Å². The smallest absolute Gasteiger partial charge is 0.227 e. The highest BCUT2D eigenvalue weighted by atomic mass is 16.1. The van der Waals surface area contributed by atoms with Crippen LogP contribution < -0.4 is 11.1 Å². The lowest BCUT2D eigenvalue weighted by molar-refractivity contribution is -0.124. The van der Waals surface area contributed by atoms with Gasteiger partial charge in [0.25, 0.3) is 0 Å². The number of nitrogens with two attached hydrogens (primary N) is 1. The van der Waals surface area contributed by atoms with Crippen molar-refractivity contribution in [1.29, 1.82) is 0 Å². The lowest BCUT2D eigenvalue weighted by atomic mass is 9.81. The summed E-state index contributed by atoms with van der Waals surface area (Å²) >= 11 is 0. The minimum Gasteiger partial charge on any atom is -0.353 e. The zero-order chi connectivity index (χ0) is 14.7. The Balaban J connectivity index is 1.48. The predicted molar refractivity (Wildman–Crippen MR) is 84.8 cm³/mol. The molecule has 2 atom stereocenters. The third-order valence-electron chi connectivity index (χ3n) is 4.80. The number of benzene rings is 1. The number of carbonyl (C=O) groups is 1. The number of hydrogen-bond donors (Lipinski definition) is 2. The van der Waals surface area contributed by atoms with Gasteiger partial charge in [0.2, 0.25) is 5.91 Å². The van der Waals surface area contributed by atoms with Crippen LogP contribution in [-0.2, 0) is 4.79 Å². The van der Waals surface area contributed by atoms with Crippen LogP contribution in [0.4, 0.5) is 0 Å². The third-order valence-corrected chi connectivity index (χ3v) is 4.80. The Labute approximate surface area is 126 Å². The van der Waals surface area contributed by atoms with E-state index in [2.05, 4.69) is 35.6 Å². The zero-order valence-corrected chi connectivity index (χ0v) is 12.4. The lowest BCUT2D eigenvalue weighted by Gasteiger charge is -2.30. The first-order valence-electron chi connectivity index (χ1n) is 8.01. The molecule has 0 aromatic heterocycles. The predicted octanol–water partition coefficient (Wildman–Crippen LogP) is 2.73. The molecule has 3 heteroatoms. The zero-order valence-electron chi connectivity index (χ0n) is 12.4. The summed E-state index contributed by atoms with van der Waals surface area (Å²) in [5.41, 5.74) is 7.25. The molecule has 3 N–H and O–H groups in total. The fraction of sp³-hybridized carbons (Fsp3) is 0.500. The van der Waals surface area contributed by atoms with Crippen LogP contribution in [0.25, 0.3) is 0 Å². The van der Waals surface area contributed by atoms with Crippen molar-refractivity contribution in [3.05, 3.63) is 48.0 Å². The molecular weight excluding hydrogens is 260 g/mol. The molecule has 1 aromatic rings. The van der Waals surface area contributed by atoms with Crippen LogP contribution in [0.2, 0.25) is 0 Å². The second kappa shape index (κ2) is 6.44. The van der Waals surface area contributed by atoms with Gasteiger partial charge in [0, 0.05) is 12.1 Å². The first-order chi connectivity index (χ1) is 10.2. The van der Waals surface area contributed by atoms with Crippen LogP contribution in [0.1, 0.15) is 43.6 Å². The molecule has 1 aromatic carbocycles. The standard InChI is InChI=1S/C18H24N2O/c19-16-9-6-15(12-16)18(21)20-17-10-7-14(8-11-17)13-4-2-1-3-5-13/h1-6,9,14-17H,7-8,10-12,19H2,(H,20,21). The number of nitrogens with one attached hydrogen (secondary N) is 1. The van der Waals surface area contributed by atoms with Crippen molar-refractivity contribution in [1.82, 2.24) is 5.32 Å².